The Morgan fingerprint density at radius 3 is 2.85 bits per heavy atom. The Morgan fingerprint density at radius 2 is 2.15 bits per heavy atom. The number of para-hydroxylation sites is 1. The standard InChI is InChI=1S/C13H16N4O3/c1-3-8-14-9(2)12-15-16-13(20-12)10-6-4-5-7-11(10)17(18)19/h4-7,9,14H,3,8H2,1-2H3. The van der Waals surface area contributed by atoms with Crippen molar-refractivity contribution in [1.29, 1.82) is 0 Å². The Hall–Kier alpha value is -2.28. The van der Waals surface area contributed by atoms with Gasteiger partial charge in [0, 0.05) is 6.07 Å². The van der Waals surface area contributed by atoms with Crippen LogP contribution in [0.5, 0.6) is 0 Å². The molecule has 2 rings (SSSR count). The summed E-state index contributed by atoms with van der Waals surface area (Å²) in [4.78, 5) is 10.5. The minimum absolute atomic E-state index is 0.0446. The van der Waals surface area contributed by atoms with Crippen LogP contribution in [-0.2, 0) is 0 Å². The van der Waals surface area contributed by atoms with E-state index in [1.54, 1.807) is 18.2 Å². The first kappa shape index (κ1) is 14.1. The molecular weight excluding hydrogens is 260 g/mol. The summed E-state index contributed by atoms with van der Waals surface area (Å²) in [7, 11) is 0. The monoisotopic (exact) mass is 276 g/mol. The second-order valence-electron chi connectivity index (χ2n) is 4.40. The molecule has 0 aliphatic heterocycles. The van der Waals surface area contributed by atoms with E-state index in [1.807, 2.05) is 6.92 Å². The molecule has 0 bridgehead atoms. The fourth-order valence-corrected chi connectivity index (χ4v) is 1.78. The summed E-state index contributed by atoms with van der Waals surface area (Å²) in [5.41, 5.74) is 0.288. The zero-order chi connectivity index (χ0) is 14.5. The van der Waals surface area contributed by atoms with Gasteiger partial charge in [-0.05, 0) is 26.0 Å². The highest BCUT2D eigenvalue weighted by Gasteiger charge is 2.21. The minimum atomic E-state index is -0.460. The van der Waals surface area contributed by atoms with Gasteiger partial charge in [-0.1, -0.05) is 19.1 Å². The Bertz CT molecular complexity index is 597. The minimum Gasteiger partial charge on any atom is -0.419 e. The summed E-state index contributed by atoms with van der Waals surface area (Å²) >= 11 is 0. The molecule has 106 valence electrons. The van der Waals surface area contributed by atoms with Gasteiger partial charge in [0.1, 0.15) is 5.56 Å². The smallest absolute Gasteiger partial charge is 0.282 e. The number of rotatable bonds is 6. The lowest BCUT2D eigenvalue weighted by Crippen LogP contribution is -2.19. The summed E-state index contributed by atoms with van der Waals surface area (Å²) in [6.07, 6.45) is 0.996. The maximum absolute atomic E-state index is 11.0. The fraction of sp³-hybridized carbons (Fsp3) is 0.385. The van der Waals surface area contributed by atoms with E-state index >= 15 is 0 Å². The highest BCUT2D eigenvalue weighted by molar-refractivity contribution is 5.66. The van der Waals surface area contributed by atoms with Gasteiger partial charge in [-0.3, -0.25) is 10.1 Å². The van der Waals surface area contributed by atoms with Crippen molar-refractivity contribution >= 4 is 5.69 Å². The van der Waals surface area contributed by atoms with E-state index in [2.05, 4.69) is 22.4 Å². The number of benzene rings is 1. The molecule has 1 aromatic heterocycles. The predicted octanol–water partition coefficient (Wildman–Crippen LogP) is 2.71. The van der Waals surface area contributed by atoms with Crippen LogP contribution in [-0.4, -0.2) is 21.7 Å². The van der Waals surface area contributed by atoms with Crippen molar-refractivity contribution in [2.75, 3.05) is 6.54 Å². The van der Waals surface area contributed by atoms with Crippen LogP contribution < -0.4 is 5.32 Å². The van der Waals surface area contributed by atoms with E-state index in [1.165, 1.54) is 6.07 Å². The van der Waals surface area contributed by atoms with Crippen LogP contribution in [0.3, 0.4) is 0 Å². The van der Waals surface area contributed by atoms with Crippen LogP contribution in [0, 0.1) is 10.1 Å². The summed E-state index contributed by atoms with van der Waals surface area (Å²) in [6.45, 7) is 4.81. The maximum atomic E-state index is 11.0. The second-order valence-corrected chi connectivity index (χ2v) is 4.40. The molecule has 1 unspecified atom stereocenters. The number of nitro benzene ring substituents is 1. The molecule has 0 saturated carbocycles. The van der Waals surface area contributed by atoms with E-state index in [9.17, 15) is 10.1 Å². The normalized spacial score (nSPS) is 12.3. The van der Waals surface area contributed by atoms with E-state index < -0.39 is 4.92 Å². The highest BCUT2D eigenvalue weighted by atomic mass is 16.6. The third-order valence-corrected chi connectivity index (χ3v) is 2.84. The summed E-state index contributed by atoms with van der Waals surface area (Å²) in [5, 5.41) is 22.0. The van der Waals surface area contributed by atoms with Gasteiger partial charge < -0.3 is 9.73 Å². The SMILES string of the molecule is CCCNC(C)c1nnc(-c2ccccc2[N+](=O)[O-])o1. The van der Waals surface area contributed by atoms with E-state index in [0.29, 0.717) is 11.5 Å². The molecule has 1 atom stereocenters. The molecule has 1 aromatic carbocycles. The van der Waals surface area contributed by atoms with Crippen LogP contribution in [0.4, 0.5) is 5.69 Å². The van der Waals surface area contributed by atoms with Crippen molar-refractivity contribution in [3.05, 3.63) is 40.3 Å². The molecule has 7 heteroatoms. The first-order valence-corrected chi connectivity index (χ1v) is 6.44. The summed E-state index contributed by atoms with van der Waals surface area (Å²) in [6, 6.07) is 6.23. The Labute approximate surface area is 116 Å². The van der Waals surface area contributed by atoms with E-state index in [0.717, 1.165) is 13.0 Å². The third-order valence-electron chi connectivity index (χ3n) is 2.84. The van der Waals surface area contributed by atoms with Crippen LogP contribution in [0.1, 0.15) is 32.2 Å². The van der Waals surface area contributed by atoms with Gasteiger partial charge in [-0.2, -0.15) is 0 Å². The zero-order valence-corrected chi connectivity index (χ0v) is 11.4. The van der Waals surface area contributed by atoms with Gasteiger partial charge in [0.25, 0.3) is 11.6 Å². The predicted molar refractivity (Wildman–Crippen MR) is 73.1 cm³/mol. The molecular formula is C13H16N4O3. The van der Waals surface area contributed by atoms with Crippen molar-refractivity contribution in [3.8, 4) is 11.5 Å². The lowest BCUT2D eigenvalue weighted by atomic mass is 10.2. The van der Waals surface area contributed by atoms with Gasteiger partial charge >= 0.3 is 0 Å². The van der Waals surface area contributed by atoms with Gasteiger partial charge in [0.15, 0.2) is 0 Å². The first-order chi connectivity index (χ1) is 9.63. The molecule has 0 radical (unpaired) electrons. The molecule has 0 saturated heterocycles. The maximum Gasteiger partial charge on any atom is 0.282 e. The molecule has 0 amide bonds. The number of aromatic nitrogens is 2. The molecule has 1 heterocycles. The third kappa shape index (κ3) is 3.00. The second kappa shape index (κ2) is 6.25. The van der Waals surface area contributed by atoms with Crippen molar-refractivity contribution in [1.82, 2.24) is 15.5 Å². The van der Waals surface area contributed by atoms with Crippen molar-refractivity contribution in [3.63, 3.8) is 0 Å². The highest BCUT2D eigenvalue weighted by Crippen LogP contribution is 2.29. The van der Waals surface area contributed by atoms with Gasteiger partial charge in [-0.15, -0.1) is 10.2 Å². The summed E-state index contributed by atoms with van der Waals surface area (Å²) < 4.78 is 5.53. The lowest BCUT2D eigenvalue weighted by Gasteiger charge is -2.07. The van der Waals surface area contributed by atoms with Crippen molar-refractivity contribution in [2.45, 2.75) is 26.3 Å². The summed E-state index contributed by atoms with van der Waals surface area (Å²) in [5.74, 6) is 0.587. The fourth-order valence-electron chi connectivity index (χ4n) is 1.78. The van der Waals surface area contributed by atoms with Gasteiger partial charge in [0.05, 0.1) is 11.0 Å². The van der Waals surface area contributed by atoms with Crippen LogP contribution in [0.2, 0.25) is 0 Å². The van der Waals surface area contributed by atoms with Gasteiger partial charge in [-0.25, -0.2) is 0 Å². The Balaban J connectivity index is 2.27. The molecule has 0 spiro atoms. The number of hydrogen-bond acceptors (Lipinski definition) is 6. The molecule has 0 fully saturated rings. The molecule has 0 aliphatic carbocycles. The number of hydrogen-bond donors (Lipinski definition) is 1. The van der Waals surface area contributed by atoms with E-state index in [4.69, 9.17) is 4.42 Å². The van der Waals surface area contributed by atoms with Crippen molar-refractivity contribution < 1.29 is 9.34 Å². The first-order valence-electron chi connectivity index (χ1n) is 6.44. The zero-order valence-electron chi connectivity index (χ0n) is 11.4. The van der Waals surface area contributed by atoms with Crippen LogP contribution in [0.15, 0.2) is 28.7 Å². The number of nitrogens with zero attached hydrogens (tertiary/aromatic N) is 3. The number of nitro groups is 1. The van der Waals surface area contributed by atoms with E-state index in [-0.39, 0.29) is 17.6 Å². The topological polar surface area (TPSA) is 94.1 Å². The average Bonchev–Trinajstić information content (AvgIpc) is 2.94. The molecule has 7 nitrogen and oxygen atoms in total. The Morgan fingerprint density at radius 1 is 1.40 bits per heavy atom. The number of nitrogens with one attached hydrogen (secondary N) is 1. The van der Waals surface area contributed by atoms with Crippen LogP contribution >= 0.6 is 0 Å². The molecule has 0 aliphatic rings. The molecule has 20 heavy (non-hydrogen) atoms. The Kier molecular flexibility index (Phi) is 4.41. The lowest BCUT2D eigenvalue weighted by molar-refractivity contribution is -0.384. The van der Waals surface area contributed by atoms with Crippen LogP contribution in [0.25, 0.3) is 11.5 Å². The molecule has 2 aromatic rings. The average molecular weight is 276 g/mol. The molecule has 1 N–H and O–H groups in total. The quantitative estimate of drug-likeness (QED) is 0.644. The van der Waals surface area contributed by atoms with Gasteiger partial charge in [0.2, 0.25) is 5.89 Å². The van der Waals surface area contributed by atoms with Crippen molar-refractivity contribution in [2.24, 2.45) is 0 Å². The largest absolute Gasteiger partial charge is 0.419 e.